The monoisotopic (exact) mass is 471 g/mol. The van der Waals surface area contributed by atoms with Crippen molar-refractivity contribution in [3.05, 3.63) is 59.8 Å². The lowest BCUT2D eigenvalue weighted by molar-refractivity contribution is 0.435. The van der Waals surface area contributed by atoms with Gasteiger partial charge in [-0.05, 0) is 120 Å². The van der Waals surface area contributed by atoms with Gasteiger partial charge in [0.05, 0.1) is 5.69 Å². The van der Waals surface area contributed by atoms with Crippen LogP contribution in [0.25, 0.3) is 22.0 Å². The van der Waals surface area contributed by atoms with Crippen LogP contribution in [0.15, 0.2) is 53.6 Å². The van der Waals surface area contributed by atoms with Crippen LogP contribution in [0.2, 0.25) is 0 Å². The van der Waals surface area contributed by atoms with Crippen LogP contribution in [0.1, 0.15) is 100 Å². The van der Waals surface area contributed by atoms with Crippen LogP contribution < -0.4 is 0 Å². The van der Waals surface area contributed by atoms with Crippen molar-refractivity contribution in [2.75, 3.05) is 17.8 Å². The van der Waals surface area contributed by atoms with Crippen molar-refractivity contribution in [3.8, 4) is 11.3 Å². The van der Waals surface area contributed by atoms with Gasteiger partial charge in [0.2, 0.25) is 0 Å². The summed E-state index contributed by atoms with van der Waals surface area (Å²) in [4.78, 5) is 6.61. The predicted molar refractivity (Wildman–Crippen MR) is 150 cm³/mol. The highest BCUT2D eigenvalue weighted by Gasteiger charge is 2.26. The Kier molecular flexibility index (Phi) is 6.45. The number of rotatable bonds is 4. The van der Waals surface area contributed by atoms with Crippen LogP contribution >= 0.6 is 10.0 Å². The first-order valence-electron chi connectivity index (χ1n) is 14.0. The van der Waals surface area contributed by atoms with Gasteiger partial charge in [0.25, 0.3) is 0 Å². The highest BCUT2D eigenvalue weighted by Crippen LogP contribution is 2.58. The maximum absolute atomic E-state index is 5.00. The quantitative estimate of drug-likeness (QED) is 0.369. The normalized spacial score (nSPS) is 22.7. The first kappa shape index (κ1) is 22.7. The summed E-state index contributed by atoms with van der Waals surface area (Å²) in [6.45, 7) is 0. The molecule has 2 heteroatoms. The summed E-state index contributed by atoms with van der Waals surface area (Å²) in [5, 5.41) is 2.72. The van der Waals surface area contributed by atoms with Gasteiger partial charge in [-0.2, -0.15) is 0 Å². The number of aromatic nitrogens is 1. The molecule has 180 valence electrons. The third kappa shape index (κ3) is 4.43. The van der Waals surface area contributed by atoms with Gasteiger partial charge in [-0.15, -0.1) is 0 Å². The molecule has 0 unspecified atom stereocenters. The van der Waals surface area contributed by atoms with Crippen LogP contribution in [0.4, 0.5) is 0 Å². The van der Waals surface area contributed by atoms with Gasteiger partial charge in [-0.25, -0.2) is 10.0 Å². The van der Waals surface area contributed by atoms with E-state index in [9.17, 15) is 0 Å². The first-order valence-corrected chi connectivity index (χ1v) is 16.4. The van der Waals surface area contributed by atoms with E-state index in [4.69, 9.17) is 4.98 Å². The fourth-order valence-electron chi connectivity index (χ4n) is 7.03. The first-order chi connectivity index (χ1) is 16.7. The maximum atomic E-state index is 5.00. The average Bonchev–Trinajstić information content (AvgIpc) is 3.36. The Labute approximate surface area is 208 Å². The fourth-order valence-corrected chi connectivity index (χ4v) is 10.2. The maximum Gasteiger partial charge on any atom is 0.0780 e. The fraction of sp³-hybridized carbons (Fsp3) is 0.531. The molecule has 2 heterocycles. The Morgan fingerprint density at radius 2 is 1.29 bits per heavy atom. The van der Waals surface area contributed by atoms with E-state index in [2.05, 4.69) is 54.9 Å². The van der Waals surface area contributed by atoms with Crippen molar-refractivity contribution >= 4 is 20.8 Å². The zero-order valence-corrected chi connectivity index (χ0v) is 21.8. The van der Waals surface area contributed by atoms with Gasteiger partial charge >= 0.3 is 0 Å². The lowest BCUT2D eigenvalue weighted by atomic mass is 9.79. The molecule has 0 amide bonds. The molecule has 0 N–H and O–H groups in total. The average molecular weight is 472 g/mol. The lowest BCUT2D eigenvalue weighted by Gasteiger charge is -2.31. The molecule has 3 aromatic rings. The topological polar surface area (TPSA) is 12.9 Å². The summed E-state index contributed by atoms with van der Waals surface area (Å²) >= 11 is 0. The van der Waals surface area contributed by atoms with E-state index in [-0.39, 0.29) is 0 Å². The predicted octanol–water partition coefficient (Wildman–Crippen LogP) is 9.58. The van der Waals surface area contributed by atoms with Gasteiger partial charge in [0.1, 0.15) is 0 Å². The van der Waals surface area contributed by atoms with Crippen molar-refractivity contribution in [2.45, 2.75) is 93.8 Å². The zero-order chi connectivity index (χ0) is 23.0. The molecule has 0 spiro atoms. The summed E-state index contributed by atoms with van der Waals surface area (Å²) < 4.78 is 0. The number of benzene rings is 2. The van der Waals surface area contributed by atoms with Crippen LogP contribution in [-0.2, 0) is 0 Å². The molecule has 2 aliphatic carbocycles. The van der Waals surface area contributed by atoms with E-state index in [0.29, 0.717) is 0 Å². The second kappa shape index (κ2) is 9.69. The molecule has 3 fully saturated rings. The standard InChI is InChI=1S/C32H41NS/c1-34(18-8-9-19-34)30-14-15-31-26(23-30)16-17-33-32(31)29-21-27(24-10-4-2-5-11-24)20-28(22-29)25-12-6-3-7-13-25/h14-17,20-25H,2-13,18-19H2,1H3. The minimum atomic E-state index is -0.614. The molecular weight excluding hydrogens is 430 g/mol. The minimum absolute atomic E-state index is 0.614. The molecule has 1 nitrogen and oxygen atoms in total. The number of pyridine rings is 1. The zero-order valence-electron chi connectivity index (χ0n) is 21.0. The molecule has 0 atom stereocenters. The summed E-state index contributed by atoms with van der Waals surface area (Å²) in [6, 6.07) is 17.2. The number of hydrogen-bond acceptors (Lipinski definition) is 1. The van der Waals surface area contributed by atoms with Crippen LogP contribution in [0, 0.1) is 0 Å². The van der Waals surface area contributed by atoms with Crippen LogP contribution in [0.5, 0.6) is 0 Å². The van der Waals surface area contributed by atoms with Gasteiger partial charge < -0.3 is 0 Å². The van der Waals surface area contributed by atoms with E-state index < -0.39 is 10.0 Å². The molecule has 1 saturated heterocycles. The summed E-state index contributed by atoms with van der Waals surface area (Å²) in [5.41, 5.74) is 5.75. The highest BCUT2D eigenvalue weighted by molar-refractivity contribution is 8.33. The molecule has 0 bridgehead atoms. The Balaban J connectivity index is 1.44. The summed E-state index contributed by atoms with van der Waals surface area (Å²) in [5.74, 6) is 4.29. The molecule has 0 radical (unpaired) electrons. The number of hydrogen-bond donors (Lipinski definition) is 0. The molecular formula is C32H41NS. The Hall–Kier alpha value is -1.80. The third-order valence-corrected chi connectivity index (χ3v) is 12.9. The van der Waals surface area contributed by atoms with Crippen molar-refractivity contribution in [1.82, 2.24) is 4.98 Å². The number of nitrogens with zero attached hydrogens (tertiary/aromatic N) is 1. The molecule has 34 heavy (non-hydrogen) atoms. The van der Waals surface area contributed by atoms with Gasteiger partial charge in [-0.3, -0.25) is 4.98 Å². The molecule has 2 saturated carbocycles. The molecule has 2 aromatic carbocycles. The van der Waals surface area contributed by atoms with Crippen LogP contribution in [0.3, 0.4) is 0 Å². The Morgan fingerprint density at radius 1 is 0.676 bits per heavy atom. The third-order valence-electron chi connectivity index (χ3n) is 9.15. The van der Waals surface area contributed by atoms with Crippen molar-refractivity contribution in [1.29, 1.82) is 0 Å². The van der Waals surface area contributed by atoms with E-state index in [0.717, 1.165) is 11.8 Å². The summed E-state index contributed by atoms with van der Waals surface area (Å²) in [6.07, 6.45) is 21.3. The van der Waals surface area contributed by atoms with Crippen molar-refractivity contribution in [2.24, 2.45) is 0 Å². The second-order valence-corrected chi connectivity index (χ2v) is 15.3. The smallest absolute Gasteiger partial charge is 0.0780 e. The van der Waals surface area contributed by atoms with E-state index in [1.54, 1.807) is 16.0 Å². The molecule has 6 rings (SSSR count). The highest BCUT2D eigenvalue weighted by atomic mass is 32.3. The number of fused-ring (bicyclic) bond motifs is 1. The second-order valence-electron chi connectivity index (χ2n) is 11.5. The molecule has 1 aliphatic heterocycles. The van der Waals surface area contributed by atoms with E-state index in [1.165, 1.54) is 111 Å². The van der Waals surface area contributed by atoms with Crippen molar-refractivity contribution in [3.63, 3.8) is 0 Å². The molecule has 3 aliphatic rings. The Bertz CT molecular complexity index is 1110. The largest absolute Gasteiger partial charge is 0.256 e. The van der Waals surface area contributed by atoms with Gasteiger partial charge in [0.15, 0.2) is 0 Å². The SMILES string of the molecule is CS1(c2ccc3c(-c4cc(C5CCCCC5)cc(C5CCCCC5)c4)nccc3c2)CCCC1. The lowest BCUT2D eigenvalue weighted by Crippen LogP contribution is -2.09. The minimum Gasteiger partial charge on any atom is -0.256 e. The van der Waals surface area contributed by atoms with Crippen LogP contribution in [-0.4, -0.2) is 22.7 Å². The summed E-state index contributed by atoms with van der Waals surface area (Å²) in [7, 11) is -0.614. The molecule has 1 aromatic heterocycles. The van der Waals surface area contributed by atoms with E-state index >= 15 is 0 Å². The Morgan fingerprint density at radius 3 is 1.91 bits per heavy atom. The van der Waals surface area contributed by atoms with Gasteiger partial charge in [0, 0.05) is 17.1 Å². The van der Waals surface area contributed by atoms with Crippen molar-refractivity contribution < 1.29 is 0 Å². The van der Waals surface area contributed by atoms with E-state index in [1.807, 2.05) is 0 Å². The van der Waals surface area contributed by atoms with Gasteiger partial charge in [-0.1, -0.05) is 50.7 Å².